The minimum Gasteiger partial charge on any atom is -0.496 e. The van der Waals surface area contributed by atoms with Gasteiger partial charge in [0.1, 0.15) is 17.1 Å². The van der Waals surface area contributed by atoms with Gasteiger partial charge in [0, 0.05) is 44.3 Å². The molecule has 0 atom stereocenters. The fourth-order valence-electron chi connectivity index (χ4n) is 2.94. The van der Waals surface area contributed by atoms with E-state index < -0.39 is 0 Å². The molecule has 1 aromatic heterocycles. The van der Waals surface area contributed by atoms with Gasteiger partial charge in [-0.1, -0.05) is 6.07 Å². The average molecular weight is 327 g/mol. The third-order valence-corrected chi connectivity index (χ3v) is 4.24. The van der Waals surface area contributed by atoms with Crippen LogP contribution in [0, 0.1) is 0 Å². The molecule has 126 valence electrons. The van der Waals surface area contributed by atoms with Crippen molar-refractivity contribution in [1.29, 1.82) is 0 Å². The molecule has 1 amide bonds. The van der Waals surface area contributed by atoms with E-state index >= 15 is 0 Å². The zero-order chi connectivity index (χ0) is 16.9. The number of rotatable bonds is 4. The molecule has 0 unspecified atom stereocenters. The van der Waals surface area contributed by atoms with Crippen molar-refractivity contribution in [2.24, 2.45) is 0 Å². The van der Waals surface area contributed by atoms with Crippen LogP contribution in [0.15, 0.2) is 42.7 Å². The fourth-order valence-corrected chi connectivity index (χ4v) is 2.94. The van der Waals surface area contributed by atoms with Gasteiger partial charge in [-0.25, -0.2) is 0 Å². The van der Waals surface area contributed by atoms with E-state index in [-0.39, 0.29) is 5.91 Å². The molecule has 6 heteroatoms. The highest BCUT2D eigenvalue weighted by molar-refractivity contribution is 5.99. The lowest BCUT2D eigenvalue weighted by Crippen LogP contribution is -2.48. The molecule has 1 aliphatic rings. The van der Waals surface area contributed by atoms with Gasteiger partial charge in [0.15, 0.2) is 0 Å². The van der Waals surface area contributed by atoms with Crippen molar-refractivity contribution in [2.75, 3.05) is 45.3 Å². The molecule has 1 saturated heterocycles. The Kier molecular flexibility index (Phi) is 4.84. The number of carbonyl (C=O) groups excluding carboxylic acids is 1. The summed E-state index contributed by atoms with van der Waals surface area (Å²) in [7, 11) is 3.12. The Balaban J connectivity index is 1.74. The first kappa shape index (κ1) is 16.1. The number of carbonyl (C=O) groups is 1. The van der Waals surface area contributed by atoms with Crippen molar-refractivity contribution in [1.82, 2.24) is 9.88 Å². The van der Waals surface area contributed by atoms with Gasteiger partial charge in [0.25, 0.3) is 5.91 Å². The molecule has 1 aliphatic heterocycles. The zero-order valence-electron chi connectivity index (χ0n) is 13.9. The molecule has 0 N–H and O–H groups in total. The lowest BCUT2D eigenvalue weighted by Gasteiger charge is -2.36. The van der Waals surface area contributed by atoms with Gasteiger partial charge in [-0.15, -0.1) is 0 Å². The Hall–Kier alpha value is -2.76. The number of hydrogen-bond acceptors (Lipinski definition) is 5. The maximum atomic E-state index is 12.9. The summed E-state index contributed by atoms with van der Waals surface area (Å²) >= 11 is 0. The number of nitrogens with zero attached hydrogens (tertiary/aromatic N) is 3. The first-order valence-electron chi connectivity index (χ1n) is 7.90. The highest BCUT2D eigenvalue weighted by Crippen LogP contribution is 2.30. The van der Waals surface area contributed by atoms with Gasteiger partial charge in [-0.2, -0.15) is 0 Å². The summed E-state index contributed by atoms with van der Waals surface area (Å²) < 4.78 is 10.7. The van der Waals surface area contributed by atoms with Crippen LogP contribution in [0.5, 0.6) is 11.5 Å². The summed E-state index contributed by atoms with van der Waals surface area (Å²) in [6, 6.07) is 9.35. The number of ether oxygens (including phenoxy) is 2. The number of piperazine rings is 1. The normalized spacial score (nSPS) is 14.4. The van der Waals surface area contributed by atoms with Crippen LogP contribution in [0.1, 0.15) is 10.4 Å². The molecule has 0 saturated carbocycles. The van der Waals surface area contributed by atoms with Crippen LogP contribution in [-0.4, -0.2) is 56.2 Å². The predicted octanol–water partition coefficient (Wildman–Crippen LogP) is 2.06. The molecule has 3 rings (SSSR count). The van der Waals surface area contributed by atoms with Crippen LogP contribution in [0.25, 0.3) is 0 Å². The second kappa shape index (κ2) is 7.21. The van der Waals surface area contributed by atoms with Gasteiger partial charge in [0.2, 0.25) is 0 Å². The topological polar surface area (TPSA) is 54.9 Å². The van der Waals surface area contributed by atoms with E-state index in [4.69, 9.17) is 9.47 Å². The summed E-state index contributed by atoms with van der Waals surface area (Å²) in [5.41, 5.74) is 1.62. The van der Waals surface area contributed by atoms with Crippen molar-refractivity contribution < 1.29 is 14.3 Å². The van der Waals surface area contributed by atoms with Crippen LogP contribution >= 0.6 is 0 Å². The van der Waals surface area contributed by atoms with Crippen LogP contribution in [0.2, 0.25) is 0 Å². The van der Waals surface area contributed by atoms with Gasteiger partial charge >= 0.3 is 0 Å². The lowest BCUT2D eigenvalue weighted by atomic mass is 10.1. The smallest absolute Gasteiger partial charge is 0.261 e. The molecule has 1 aromatic carbocycles. The van der Waals surface area contributed by atoms with Crippen molar-refractivity contribution in [3.8, 4) is 11.5 Å². The molecule has 6 nitrogen and oxygen atoms in total. The van der Waals surface area contributed by atoms with Crippen molar-refractivity contribution in [2.45, 2.75) is 0 Å². The number of amides is 1. The Morgan fingerprint density at radius 2 is 1.54 bits per heavy atom. The molecular weight excluding hydrogens is 306 g/mol. The van der Waals surface area contributed by atoms with E-state index in [1.165, 1.54) is 0 Å². The summed E-state index contributed by atoms with van der Waals surface area (Å²) in [6.07, 6.45) is 3.57. The van der Waals surface area contributed by atoms with Crippen LogP contribution in [0.4, 0.5) is 5.69 Å². The van der Waals surface area contributed by atoms with Gasteiger partial charge < -0.3 is 19.3 Å². The molecule has 0 radical (unpaired) electrons. The zero-order valence-corrected chi connectivity index (χ0v) is 13.9. The van der Waals surface area contributed by atoms with E-state index in [0.717, 1.165) is 18.8 Å². The molecule has 0 bridgehead atoms. The van der Waals surface area contributed by atoms with Crippen LogP contribution in [0.3, 0.4) is 0 Å². The summed E-state index contributed by atoms with van der Waals surface area (Å²) in [5.74, 6) is 1.02. The van der Waals surface area contributed by atoms with Crippen LogP contribution in [-0.2, 0) is 0 Å². The van der Waals surface area contributed by atoms with Gasteiger partial charge in [-0.05, 0) is 24.3 Å². The van der Waals surface area contributed by atoms with Crippen LogP contribution < -0.4 is 14.4 Å². The first-order valence-corrected chi connectivity index (χ1v) is 7.90. The third kappa shape index (κ3) is 3.13. The maximum absolute atomic E-state index is 12.9. The van der Waals surface area contributed by atoms with Crippen molar-refractivity contribution in [3.05, 3.63) is 48.3 Å². The molecule has 2 heterocycles. The lowest BCUT2D eigenvalue weighted by molar-refractivity contribution is 0.0740. The van der Waals surface area contributed by atoms with Crippen molar-refractivity contribution >= 4 is 11.6 Å². The summed E-state index contributed by atoms with van der Waals surface area (Å²) in [5, 5.41) is 0. The summed E-state index contributed by atoms with van der Waals surface area (Å²) in [4.78, 5) is 21.1. The van der Waals surface area contributed by atoms with E-state index in [2.05, 4.69) is 9.88 Å². The Labute approximate surface area is 141 Å². The SMILES string of the molecule is COc1cccc(OC)c1C(=O)N1CCN(c2ccncc2)CC1. The second-order valence-corrected chi connectivity index (χ2v) is 5.52. The number of methoxy groups -OCH3 is 2. The molecule has 1 fully saturated rings. The minimum atomic E-state index is -0.0568. The largest absolute Gasteiger partial charge is 0.496 e. The molecular formula is C18H21N3O3. The van der Waals surface area contributed by atoms with E-state index in [1.54, 1.807) is 38.7 Å². The third-order valence-electron chi connectivity index (χ3n) is 4.24. The quantitative estimate of drug-likeness (QED) is 0.860. The monoisotopic (exact) mass is 327 g/mol. The predicted molar refractivity (Wildman–Crippen MR) is 91.9 cm³/mol. The van der Waals surface area contributed by atoms with E-state index in [9.17, 15) is 4.79 Å². The van der Waals surface area contributed by atoms with Gasteiger partial charge in [-0.3, -0.25) is 9.78 Å². The van der Waals surface area contributed by atoms with E-state index in [1.807, 2.05) is 23.1 Å². The highest BCUT2D eigenvalue weighted by Gasteiger charge is 2.27. The fraction of sp³-hybridized carbons (Fsp3) is 0.333. The maximum Gasteiger partial charge on any atom is 0.261 e. The number of benzene rings is 1. The number of pyridine rings is 1. The highest BCUT2D eigenvalue weighted by atomic mass is 16.5. The molecule has 24 heavy (non-hydrogen) atoms. The van der Waals surface area contributed by atoms with Crippen molar-refractivity contribution in [3.63, 3.8) is 0 Å². The number of aromatic nitrogens is 1. The summed E-state index contributed by atoms with van der Waals surface area (Å²) in [6.45, 7) is 2.88. The average Bonchev–Trinajstić information content (AvgIpc) is 2.67. The molecule has 2 aromatic rings. The number of anilines is 1. The molecule has 0 aliphatic carbocycles. The minimum absolute atomic E-state index is 0.0568. The molecule has 0 spiro atoms. The second-order valence-electron chi connectivity index (χ2n) is 5.52. The standard InChI is InChI=1S/C18H21N3O3/c1-23-15-4-3-5-16(24-2)17(15)18(22)21-12-10-20(11-13-21)14-6-8-19-9-7-14/h3-9H,10-13H2,1-2H3. The van der Waals surface area contributed by atoms with E-state index in [0.29, 0.717) is 30.2 Å². The Bertz CT molecular complexity index is 676. The Morgan fingerprint density at radius 3 is 2.08 bits per heavy atom. The first-order chi connectivity index (χ1) is 11.7. The Morgan fingerprint density at radius 1 is 0.958 bits per heavy atom. The van der Waals surface area contributed by atoms with Gasteiger partial charge in [0.05, 0.1) is 14.2 Å². The number of hydrogen-bond donors (Lipinski definition) is 0.